The van der Waals surface area contributed by atoms with Gasteiger partial charge in [0.05, 0.1) is 24.7 Å². The van der Waals surface area contributed by atoms with Gasteiger partial charge in [-0.1, -0.05) is 44.2 Å². The van der Waals surface area contributed by atoms with Crippen molar-refractivity contribution in [3.8, 4) is 0 Å². The average molecular weight is 344 g/mol. The zero-order valence-electron chi connectivity index (χ0n) is 15.4. The van der Waals surface area contributed by atoms with Crippen LogP contribution in [0.15, 0.2) is 30.3 Å². The summed E-state index contributed by atoms with van der Waals surface area (Å²) in [5, 5.41) is 0. The first-order valence-electron chi connectivity index (χ1n) is 9.24. The number of carbonyl (C=O) groups excluding carboxylic acids is 2. The van der Waals surface area contributed by atoms with E-state index in [0.717, 1.165) is 12.0 Å². The van der Waals surface area contributed by atoms with Crippen LogP contribution in [0.2, 0.25) is 0 Å². The van der Waals surface area contributed by atoms with E-state index in [2.05, 4.69) is 30.9 Å². The molecule has 0 aliphatic carbocycles. The van der Waals surface area contributed by atoms with Crippen molar-refractivity contribution in [1.82, 2.24) is 9.80 Å². The third kappa shape index (κ3) is 4.10. The van der Waals surface area contributed by atoms with Gasteiger partial charge in [-0.15, -0.1) is 0 Å². The van der Waals surface area contributed by atoms with Crippen molar-refractivity contribution in [2.45, 2.75) is 51.9 Å². The van der Waals surface area contributed by atoms with Crippen molar-refractivity contribution in [1.29, 1.82) is 0 Å². The summed E-state index contributed by atoms with van der Waals surface area (Å²) in [5.74, 6) is 0.406. The molecule has 0 spiro atoms. The molecule has 0 aromatic heterocycles. The molecule has 2 heterocycles. The van der Waals surface area contributed by atoms with Crippen LogP contribution in [0.3, 0.4) is 0 Å². The molecular weight excluding hydrogens is 316 g/mol. The van der Waals surface area contributed by atoms with Crippen LogP contribution in [-0.4, -0.2) is 53.4 Å². The Morgan fingerprint density at radius 2 is 1.88 bits per heavy atom. The van der Waals surface area contributed by atoms with E-state index in [0.29, 0.717) is 32.0 Å². The molecule has 3 atom stereocenters. The summed E-state index contributed by atoms with van der Waals surface area (Å²) in [6.45, 7) is 8.11. The van der Waals surface area contributed by atoms with Crippen molar-refractivity contribution >= 4 is 11.8 Å². The van der Waals surface area contributed by atoms with Crippen molar-refractivity contribution in [2.75, 3.05) is 19.6 Å². The van der Waals surface area contributed by atoms with Crippen LogP contribution >= 0.6 is 0 Å². The Labute approximate surface area is 149 Å². The molecule has 1 aromatic carbocycles. The van der Waals surface area contributed by atoms with Crippen LogP contribution in [0.1, 0.15) is 45.3 Å². The number of nitrogens with zero attached hydrogens (tertiary/aromatic N) is 2. The molecule has 5 nitrogen and oxygen atoms in total. The molecule has 2 amide bonds. The van der Waals surface area contributed by atoms with E-state index >= 15 is 0 Å². The van der Waals surface area contributed by atoms with Crippen molar-refractivity contribution in [3.05, 3.63) is 35.9 Å². The van der Waals surface area contributed by atoms with Gasteiger partial charge in [0.2, 0.25) is 11.8 Å². The van der Waals surface area contributed by atoms with E-state index in [1.165, 1.54) is 4.90 Å². The number of hydrogen-bond donors (Lipinski definition) is 0. The molecule has 2 fully saturated rings. The second-order valence-corrected chi connectivity index (χ2v) is 7.59. The van der Waals surface area contributed by atoms with Gasteiger partial charge >= 0.3 is 0 Å². The molecule has 3 unspecified atom stereocenters. The molecule has 0 saturated carbocycles. The van der Waals surface area contributed by atoms with Crippen molar-refractivity contribution in [2.24, 2.45) is 5.92 Å². The second kappa shape index (κ2) is 7.67. The summed E-state index contributed by atoms with van der Waals surface area (Å²) in [7, 11) is 0. The van der Waals surface area contributed by atoms with Crippen LogP contribution in [0.25, 0.3) is 0 Å². The molecule has 0 radical (unpaired) electrons. The molecule has 5 heteroatoms. The molecule has 2 saturated heterocycles. The Bertz CT molecular complexity index is 617. The molecule has 2 aliphatic heterocycles. The summed E-state index contributed by atoms with van der Waals surface area (Å²) in [5.41, 5.74) is 1.12. The molecule has 1 aromatic rings. The maximum Gasteiger partial charge on any atom is 0.247 e. The van der Waals surface area contributed by atoms with Gasteiger partial charge in [0.1, 0.15) is 0 Å². The molecular formula is C20H28N2O3. The third-order valence-corrected chi connectivity index (χ3v) is 5.05. The van der Waals surface area contributed by atoms with E-state index in [1.54, 1.807) is 0 Å². The maximum atomic E-state index is 12.8. The lowest BCUT2D eigenvalue weighted by molar-refractivity contribution is -0.142. The predicted octanol–water partition coefficient (Wildman–Crippen LogP) is 2.62. The SMILES string of the molecule is CC(C)CCN1C(=O)CC(N2CC(C)OC(c3ccccc3)C2)C1=O. The van der Waals surface area contributed by atoms with Gasteiger partial charge in [0, 0.05) is 19.6 Å². The Morgan fingerprint density at radius 3 is 2.56 bits per heavy atom. The topological polar surface area (TPSA) is 49.9 Å². The highest BCUT2D eigenvalue weighted by Crippen LogP contribution is 2.29. The Kier molecular flexibility index (Phi) is 5.54. The molecule has 136 valence electrons. The summed E-state index contributed by atoms with van der Waals surface area (Å²) >= 11 is 0. The van der Waals surface area contributed by atoms with Gasteiger partial charge in [-0.25, -0.2) is 0 Å². The zero-order valence-corrected chi connectivity index (χ0v) is 15.4. The fourth-order valence-electron chi connectivity index (χ4n) is 3.66. The summed E-state index contributed by atoms with van der Waals surface area (Å²) < 4.78 is 6.08. The first-order chi connectivity index (χ1) is 12.0. The fourth-order valence-corrected chi connectivity index (χ4v) is 3.66. The van der Waals surface area contributed by atoms with Gasteiger partial charge < -0.3 is 4.74 Å². The monoisotopic (exact) mass is 344 g/mol. The Balaban J connectivity index is 1.70. The highest BCUT2D eigenvalue weighted by atomic mass is 16.5. The van der Waals surface area contributed by atoms with Gasteiger partial charge in [0.15, 0.2) is 0 Å². The summed E-state index contributed by atoms with van der Waals surface area (Å²) in [6, 6.07) is 9.76. The lowest BCUT2D eigenvalue weighted by Crippen LogP contribution is -2.50. The van der Waals surface area contributed by atoms with Crippen molar-refractivity contribution < 1.29 is 14.3 Å². The average Bonchev–Trinajstić information content (AvgIpc) is 2.87. The largest absolute Gasteiger partial charge is 0.368 e. The highest BCUT2D eigenvalue weighted by molar-refractivity contribution is 6.05. The number of carbonyl (C=O) groups is 2. The van der Waals surface area contributed by atoms with Crippen LogP contribution in [-0.2, 0) is 14.3 Å². The van der Waals surface area contributed by atoms with E-state index in [4.69, 9.17) is 4.74 Å². The van der Waals surface area contributed by atoms with Gasteiger partial charge in [-0.05, 0) is 24.8 Å². The Hall–Kier alpha value is -1.72. The normalized spacial score (nSPS) is 28.2. The van der Waals surface area contributed by atoms with Crippen LogP contribution in [0.4, 0.5) is 0 Å². The molecule has 2 aliphatic rings. The van der Waals surface area contributed by atoms with Crippen molar-refractivity contribution in [3.63, 3.8) is 0 Å². The number of morpholine rings is 1. The smallest absolute Gasteiger partial charge is 0.247 e. The predicted molar refractivity (Wildman–Crippen MR) is 95.9 cm³/mol. The number of rotatable bonds is 5. The van der Waals surface area contributed by atoms with E-state index in [9.17, 15) is 9.59 Å². The van der Waals surface area contributed by atoms with Crippen LogP contribution in [0.5, 0.6) is 0 Å². The number of amides is 2. The standard InChI is InChI=1S/C20H28N2O3/c1-14(2)9-10-22-19(23)11-17(20(22)24)21-12-15(3)25-18(13-21)16-7-5-4-6-8-16/h4-8,14-15,17-18H,9-13H2,1-3H3. The zero-order chi connectivity index (χ0) is 18.0. The number of ether oxygens (including phenoxy) is 1. The first kappa shape index (κ1) is 18.1. The first-order valence-corrected chi connectivity index (χ1v) is 9.24. The van der Waals surface area contributed by atoms with Crippen LogP contribution < -0.4 is 0 Å². The fraction of sp³-hybridized carbons (Fsp3) is 0.600. The minimum atomic E-state index is -0.336. The third-order valence-electron chi connectivity index (χ3n) is 5.05. The minimum Gasteiger partial charge on any atom is -0.368 e. The van der Waals surface area contributed by atoms with Gasteiger partial charge in [-0.3, -0.25) is 19.4 Å². The number of imide groups is 1. The van der Waals surface area contributed by atoms with Gasteiger partial charge in [-0.2, -0.15) is 0 Å². The van der Waals surface area contributed by atoms with Crippen LogP contribution in [0, 0.1) is 5.92 Å². The summed E-state index contributed by atoms with van der Waals surface area (Å²) in [4.78, 5) is 28.7. The molecule has 0 bridgehead atoms. The Morgan fingerprint density at radius 1 is 1.16 bits per heavy atom. The molecule has 25 heavy (non-hydrogen) atoms. The maximum absolute atomic E-state index is 12.8. The van der Waals surface area contributed by atoms with E-state index in [-0.39, 0.29) is 30.1 Å². The lowest BCUT2D eigenvalue weighted by atomic mass is 10.0. The summed E-state index contributed by atoms with van der Waals surface area (Å²) in [6.07, 6.45) is 1.13. The molecule has 3 rings (SSSR count). The number of likely N-dealkylation sites (tertiary alicyclic amines) is 1. The lowest BCUT2D eigenvalue weighted by Gasteiger charge is -2.39. The minimum absolute atomic E-state index is 0.0339. The number of benzene rings is 1. The van der Waals surface area contributed by atoms with E-state index in [1.807, 2.05) is 25.1 Å². The quantitative estimate of drug-likeness (QED) is 0.771. The number of hydrogen-bond acceptors (Lipinski definition) is 4. The van der Waals surface area contributed by atoms with Gasteiger partial charge in [0.25, 0.3) is 0 Å². The molecule has 0 N–H and O–H groups in total. The highest BCUT2D eigenvalue weighted by Gasteiger charge is 2.44. The van der Waals surface area contributed by atoms with E-state index < -0.39 is 0 Å². The second-order valence-electron chi connectivity index (χ2n) is 7.59.